The fraction of sp³-hybridized carbons (Fsp3) is 0.308. The van der Waals surface area contributed by atoms with Gasteiger partial charge in [0.05, 0.1) is 11.6 Å². The van der Waals surface area contributed by atoms with E-state index in [9.17, 15) is 5.11 Å². The number of fused-ring (bicyclic) bond motifs is 1. The number of hydrogen-bond donors (Lipinski definition) is 2. The molecule has 0 aliphatic heterocycles. The van der Waals surface area contributed by atoms with Crippen molar-refractivity contribution in [1.82, 2.24) is 10.3 Å². The first kappa shape index (κ1) is 11.0. The van der Waals surface area contributed by atoms with Crippen LogP contribution < -0.4 is 5.32 Å². The minimum absolute atomic E-state index is 0.454. The summed E-state index contributed by atoms with van der Waals surface area (Å²) in [6.45, 7) is 3.48. The number of nitrogens with one attached hydrogen (secondary N) is 1. The normalized spacial score (nSPS) is 12.9. The van der Waals surface area contributed by atoms with Crippen molar-refractivity contribution in [3.63, 3.8) is 0 Å². The van der Waals surface area contributed by atoms with Gasteiger partial charge in [0.2, 0.25) is 0 Å². The van der Waals surface area contributed by atoms with Crippen LogP contribution in [0.2, 0.25) is 0 Å². The summed E-state index contributed by atoms with van der Waals surface area (Å²) >= 11 is 0. The van der Waals surface area contributed by atoms with Crippen molar-refractivity contribution in [2.45, 2.75) is 13.0 Å². The van der Waals surface area contributed by atoms with Gasteiger partial charge in [0.1, 0.15) is 0 Å². The van der Waals surface area contributed by atoms with Crippen LogP contribution in [0.25, 0.3) is 10.9 Å². The molecule has 1 aromatic heterocycles. The quantitative estimate of drug-likeness (QED) is 0.820. The largest absolute Gasteiger partial charge is 0.387 e. The zero-order chi connectivity index (χ0) is 11.4. The first-order valence-corrected chi connectivity index (χ1v) is 5.54. The van der Waals surface area contributed by atoms with E-state index in [1.165, 1.54) is 0 Å². The molecule has 1 heterocycles. The second-order valence-corrected chi connectivity index (χ2v) is 3.78. The first-order chi connectivity index (χ1) is 7.81. The van der Waals surface area contributed by atoms with Crippen LogP contribution in [0.4, 0.5) is 0 Å². The molecule has 0 aliphatic carbocycles. The maximum absolute atomic E-state index is 9.93. The number of nitrogens with zero attached hydrogens (tertiary/aromatic N) is 1. The molecule has 0 aliphatic rings. The molecule has 84 valence electrons. The molecule has 2 N–H and O–H groups in total. The average Bonchev–Trinajstić information content (AvgIpc) is 2.35. The Balaban J connectivity index is 2.25. The summed E-state index contributed by atoms with van der Waals surface area (Å²) in [6.07, 6.45) is 1.32. The van der Waals surface area contributed by atoms with E-state index in [-0.39, 0.29) is 0 Å². The summed E-state index contributed by atoms with van der Waals surface area (Å²) in [5.41, 5.74) is 1.89. The van der Waals surface area contributed by atoms with E-state index >= 15 is 0 Å². The van der Waals surface area contributed by atoms with E-state index in [0.717, 1.165) is 23.0 Å². The van der Waals surface area contributed by atoms with Crippen molar-refractivity contribution >= 4 is 10.9 Å². The van der Waals surface area contributed by atoms with Crippen LogP contribution in [-0.2, 0) is 0 Å². The zero-order valence-corrected chi connectivity index (χ0v) is 9.35. The van der Waals surface area contributed by atoms with Gasteiger partial charge in [-0.2, -0.15) is 0 Å². The summed E-state index contributed by atoms with van der Waals surface area (Å²) in [5, 5.41) is 14.1. The molecule has 0 saturated carbocycles. The van der Waals surface area contributed by atoms with Gasteiger partial charge in [-0.05, 0) is 30.3 Å². The molecule has 3 nitrogen and oxygen atoms in total. The van der Waals surface area contributed by atoms with Gasteiger partial charge in [-0.25, -0.2) is 0 Å². The van der Waals surface area contributed by atoms with E-state index in [1.54, 1.807) is 6.20 Å². The van der Waals surface area contributed by atoms with E-state index < -0.39 is 6.10 Å². The maximum atomic E-state index is 9.93. The Hall–Kier alpha value is -1.45. The molecule has 16 heavy (non-hydrogen) atoms. The standard InChI is InChI=1S/C13H16N2O/c1-2-14-9-13(16)11-5-6-12-10(8-11)4-3-7-15-12/h3-8,13-14,16H,2,9H2,1H3. The highest BCUT2D eigenvalue weighted by atomic mass is 16.3. The number of likely N-dealkylation sites (N-methyl/N-ethyl adjacent to an activating group) is 1. The fourth-order valence-corrected chi connectivity index (χ4v) is 1.70. The van der Waals surface area contributed by atoms with E-state index in [0.29, 0.717) is 6.54 Å². The van der Waals surface area contributed by atoms with Gasteiger partial charge in [0.25, 0.3) is 0 Å². The Labute approximate surface area is 95.1 Å². The molecular weight excluding hydrogens is 200 g/mol. The molecule has 0 fully saturated rings. The fourth-order valence-electron chi connectivity index (χ4n) is 1.70. The molecule has 1 aromatic carbocycles. The lowest BCUT2D eigenvalue weighted by molar-refractivity contribution is 0.176. The van der Waals surface area contributed by atoms with Gasteiger partial charge in [-0.1, -0.05) is 19.1 Å². The van der Waals surface area contributed by atoms with Crippen molar-refractivity contribution < 1.29 is 5.11 Å². The number of rotatable bonds is 4. The Morgan fingerprint density at radius 3 is 3.06 bits per heavy atom. The molecule has 0 amide bonds. The van der Waals surface area contributed by atoms with Crippen LogP contribution >= 0.6 is 0 Å². The molecule has 3 heteroatoms. The molecule has 2 aromatic rings. The summed E-state index contributed by atoms with van der Waals surface area (Å²) in [7, 11) is 0. The minimum atomic E-state index is -0.454. The van der Waals surface area contributed by atoms with Gasteiger partial charge in [0.15, 0.2) is 0 Å². The second kappa shape index (κ2) is 5.05. The van der Waals surface area contributed by atoms with E-state index in [1.807, 2.05) is 37.3 Å². The predicted octanol–water partition coefficient (Wildman–Crippen LogP) is 1.88. The highest BCUT2D eigenvalue weighted by Crippen LogP contribution is 2.18. The van der Waals surface area contributed by atoms with Gasteiger partial charge in [-0.3, -0.25) is 4.98 Å². The third kappa shape index (κ3) is 2.38. The monoisotopic (exact) mass is 216 g/mol. The van der Waals surface area contributed by atoms with Crippen molar-refractivity contribution in [3.05, 3.63) is 42.1 Å². The Morgan fingerprint density at radius 1 is 1.38 bits per heavy atom. The number of hydrogen-bond acceptors (Lipinski definition) is 3. The third-order valence-electron chi connectivity index (χ3n) is 2.60. The Kier molecular flexibility index (Phi) is 3.49. The maximum Gasteiger partial charge on any atom is 0.0914 e. The van der Waals surface area contributed by atoms with E-state index in [4.69, 9.17) is 0 Å². The van der Waals surface area contributed by atoms with E-state index in [2.05, 4.69) is 10.3 Å². The first-order valence-electron chi connectivity index (χ1n) is 5.54. The average molecular weight is 216 g/mol. The SMILES string of the molecule is CCNCC(O)c1ccc2ncccc2c1. The zero-order valence-electron chi connectivity index (χ0n) is 9.35. The van der Waals surface area contributed by atoms with Crippen LogP contribution in [0.5, 0.6) is 0 Å². The highest BCUT2D eigenvalue weighted by Gasteiger charge is 2.07. The molecule has 2 rings (SSSR count). The third-order valence-corrected chi connectivity index (χ3v) is 2.60. The minimum Gasteiger partial charge on any atom is -0.387 e. The lowest BCUT2D eigenvalue weighted by Crippen LogP contribution is -2.20. The molecule has 1 unspecified atom stereocenters. The predicted molar refractivity (Wildman–Crippen MR) is 65.2 cm³/mol. The summed E-state index contributed by atoms with van der Waals surface area (Å²) < 4.78 is 0. The summed E-state index contributed by atoms with van der Waals surface area (Å²) in [4.78, 5) is 4.25. The Bertz CT molecular complexity index is 470. The molecule has 0 spiro atoms. The van der Waals surface area contributed by atoms with Crippen LogP contribution in [-0.4, -0.2) is 23.2 Å². The molecule has 0 saturated heterocycles. The smallest absolute Gasteiger partial charge is 0.0914 e. The lowest BCUT2D eigenvalue weighted by atomic mass is 10.1. The molecule has 0 bridgehead atoms. The van der Waals surface area contributed by atoms with Gasteiger partial charge in [-0.15, -0.1) is 0 Å². The van der Waals surface area contributed by atoms with Crippen molar-refractivity contribution in [1.29, 1.82) is 0 Å². The van der Waals surface area contributed by atoms with Crippen molar-refractivity contribution in [2.75, 3.05) is 13.1 Å². The second-order valence-electron chi connectivity index (χ2n) is 3.78. The number of pyridine rings is 1. The van der Waals surface area contributed by atoms with Gasteiger partial charge >= 0.3 is 0 Å². The summed E-state index contributed by atoms with van der Waals surface area (Å²) in [5.74, 6) is 0. The molecular formula is C13H16N2O. The number of aromatic nitrogens is 1. The Morgan fingerprint density at radius 2 is 2.25 bits per heavy atom. The van der Waals surface area contributed by atoms with Crippen LogP contribution in [0.15, 0.2) is 36.5 Å². The summed E-state index contributed by atoms with van der Waals surface area (Å²) in [6, 6.07) is 9.77. The number of aliphatic hydroxyl groups excluding tert-OH is 1. The van der Waals surface area contributed by atoms with Gasteiger partial charge in [0, 0.05) is 18.1 Å². The van der Waals surface area contributed by atoms with Gasteiger partial charge < -0.3 is 10.4 Å². The van der Waals surface area contributed by atoms with Crippen molar-refractivity contribution in [3.8, 4) is 0 Å². The van der Waals surface area contributed by atoms with Crippen molar-refractivity contribution in [2.24, 2.45) is 0 Å². The molecule has 1 atom stereocenters. The molecule has 0 radical (unpaired) electrons. The number of aliphatic hydroxyl groups is 1. The number of benzene rings is 1. The van der Waals surface area contributed by atoms with Crippen LogP contribution in [0.3, 0.4) is 0 Å². The lowest BCUT2D eigenvalue weighted by Gasteiger charge is -2.11. The highest BCUT2D eigenvalue weighted by molar-refractivity contribution is 5.78. The topological polar surface area (TPSA) is 45.1 Å². The van der Waals surface area contributed by atoms with Crippen LogP contribution in [0.1, 0.15) is 18.6 Å². The van der Waals surface area contributed by atoms with Crippen LogP contribution in [0, 0.1) is 0 Å².